The van der Waals surface area contributed by atoms with E-state index in [0.29, 0.717) is 5.02 Å². The Hall–Kier alpha value is -1.56. The third-order valence-corrected chi connectivity index (χ3v) is 4.43. The maximum atomic E-state index is 6.31. The predicted molar refractivity (Wildman–Crippen MR) is 81.2 cm³/mol. The molecule has 0 radical (unpaired) electrons. The first-order valence-corrected chi connectivity index (χ1v) is 7.37. The molecular formula is C14H13ClN4S. The highest BCUT2D eigenvalue weighted by molar-refractivity contribution is 7.99. The first-order chi connectivity index (χ1) is 9.65. The molecule has 0 unspecified atom stereocenters. The summed E-state index contributed by atoms with van der Waals surface area (Å²) in [5.74, 6) is 0. The Bertz CT molecular complexity index is 754. The zero-order valence-corrected chi connectivity index (χ0v) is 12.4. The van der Waals surface area contributed by atoms with Gasteiger partial charge in [0.1, 0.15) is 0 Å². The van der Waals surface area contributed by atoms with Crippen LogP contribution in [0, 0.1) is 0 Å². The SMILES string of the molecule is C[C@H](N)c1ccc(Sc2nnc3ccccn23)c(Cl)c1. The monoisotopic (exact) mass is 304 g/mol. The van der Waals surface area contributed by atoms with Crippen LogP contribution in [0.2, 0.25) is 5.02 Å². The van der Waals surface area contributed by atoms with Crippen molar-refractivity contribution in [3.05, 3.63) is 53.2 Å². The molecule has 0 saturated heterocycles. The summed E-state index contributed by atoms with van der Waals surface area (Å²) in [4.78, 5) is 0.939. The van der Waals surface area contributed by atoms with Crippen molar-refractivity contribution in [2.24, 2.45) is 5.73 Å². The summed E-state index contributed by atoms with van der Waals surface area (Å²) in [6.07, 6.45) is 1.93. The average Bonchev–Trinajstić information content (AvgIpc) is 2.84. The van der Waals surface area contributed by atoms with Gasteiger partial charge in [0.25, 0.3) is 0 Å². The molecule has 1 aromatic carbocycles. The highest BCUT2D eigenvalue weighted by Gasteiger charge is 2.10. The van der Waals surface area contributed by atoms with E-state index in [1.165, 1.54) is 11.8 Å². The molecule has 0 aliphatic heterocycles. The summed E-state index contributed by atoms with van der Waals surface area (Å²) in [6, 6.07) is 11.6. The van der Waals surface area contributed by atoms with Gasteiger partial charge in [-0.2, -0.15) is 0 Å². The Morgan fingerprint density at radius 3 is 2.85 bits per heavy atom. The molecule has 2 N–H and O–H groups in total. The molecule has 6 heteroatoms. The number of benzene rings is 1. The minimum atomic E-state index is -0.0273. The van der Waals surface area contributed by atoms with Crippen LogP contribution in [0.4, 0.5) is 0 Å². The van der Waals surface area contributed by atoms with Crippen molar-refractivity contribution in [3.8, 4) is 0 Å². The van der Waals surface area contributed by atoms with E-state index in [4.69, 9.17) is 17.3 Å². The Morgan fingerprint density at radius 1 is 1.25 bits per heavy atom. The van der Waals surface area contributed by atoms with Crippen LogP contribution in [0.5, 0.6) is 0 Å². The summed E-state index contributed by atoms with van der Waals surface area (Å²) in [5, 5.41) is 9.77. The van der Waals surface area contributed by atoms with Crippen LogP contribution in [0.25, 0.3) is 5.65 Å². The topological polar surface area (TPSA) is 56.2 Å². The minimum absolute atomic E-state index is 0.0273. The Kier molecular flexibility index (Phi) is 3.65. The molecule has 0 amide bonds. The van der Waals surface area contributed by atoms with Gasteiger partial charge in [0.2, 0.25) is 0 Å². The van der Waals surface area contributed by atoms with Crippen molar-refractivity contribution < 1.29 is 0 Å². The minimum Gasteiger partial charge on any atom is -0.324 e. The van der Waals surface area contributed by atoms with Gasteiger partial charge in [-0.1, -0.05) is 23.7 Å². The standard InChI is InChI=1S/C14H13ClN4S/c1-9(16)10-5-6-12(11(15)8-10)20-14-18-17-13-4-2-3-7-19(13)14/h2-9H,16H2,1H3/t9-/m0/s1. The van der Waals surface area contributed by atoms with E-state index in [-0.39, 0.29) is 6.04 Å². The van der Waals surface area contributed by atoms with Crippen molar-refractivity contribution >= 4 is 29.0 Å². The zero-order chi connectivity index (χ0) is 14.1. The van der Waals surface area contributed by atoms with E-state index in [9.17, 15) is 0 Å². The molecule has 0 fully saturated rings. The van der Waals surface area contributed by atoms with E-state index in [2.05, 4.69) is 10.2 Å². The van der Waals surface area contributed by atoms with Gasteiger partial charge in [0.05, 0.1) is 5.02 Å². The molecule has 0 bridgehead atoms. The maximum absolute atomic E-state index is 6.31. The van der Waals surface area contributed by atoms with Crippen molar-refractivity contribution in [3.63, 3.8) is 0 Å². The largest absolute Gasteiger partial charge is 0.324 e. The number of pyridine rings is 1. The maximum Gasteiger partial charge on any atom is 0.200 e. The van der Waals surface area contributed by atoms with Crippen LogP contribution in [-0.2, 0) is 0 Å². The van der Waals surface area contributed by atoms with Gasteiger partial charge >= 0.3 is 0 Å². The predicted octanol–water partition coefficient (Wildman–Crippen LogP) is 3.55. The molecule has 0 aliphatic carbocycles. The van der Waals surface area contributed by atoms with E-state index in [1.54, 1.807) is 0 Å². The Balaban J connectivity index is 1.95. The van der Waals surface area contributed by atoms with Gasteiger partial charge in [0, 0.05) is 17.1 Å². The Morgan fingerprint density at radius 2 is 2.10 bits per heavy atom. The molecule has 4 nitrogen and oxygen atoms in total. The molecular weight excluding hydrogens is 292 g/mol. The number of fused-ring (bicyclic) bond motifs is 1. The summed E-state index contributed by atoms with van der Waals surface area (Å²) in [7, 11) is 0. The summed E-state index contributed by atoms with van der Waals surface area (Å²) in [5.41, 5.74) is 7.69. The lowest BCUT2D eigenvalue weighted by atomic mass is 10.1. The third kappa shape index (κ3) is 2.52. The first kappa shape index (κ1) is 13.4. The lowest BCUT2D eigenvalue weighted by Crippen LogP contribution is -2.04. The lowest BCUT2D eigenvalue weighted by Gasteiger charge is -2.08. The summed E-state index contributed by atoms with van der Waals surface area (Å²) < 4.78 is 1.93. The van der Waals surface area contributed by atoms with Crippen LogP contribution < -0.4 is 5.73 Å². The second-order valence-corrected chi connectivity index (χ2v) is 5.91. The van der Waals surface area contributed by atoms with Crippen LogP contribution in [-0.4, -0.2) is 14.6 Å². The molecule has 0 aliphatic rings. The number of nitrogens with two attached hydrogens (primary N) is 1. The number of hydrogen-bond acceptors (Lipinski definition) is 4. The van der Waals surface area contributed by atoms with Gasteiger partial charge in [-0.25, -0.2) is 0 Å². The molecule has 1 atom stereocenters. The van der Waals surface area contributed by atoms with Gasteiger partial charge in [-0.05, 0) is 48.5 Å². The quantitative estimate of drug-likeness (QED) is 0.804. The number of nitrogens with zero attached hydrogens (tertiary/aromatic N) is 3. The highest BCUT2D eigenvalue weighted by atomic mass is 35.5. The van der Waals surface area contributed by atoms with Crippen LogP contribution >= 0.6 is 23.4 Å². The van der Waals surface area contributed by atoms with Crippen molar-refractivity contribution in [1.29, 1.82) is 0 Å². The van der Waals surface area contributed by atoms with Gasteiger partial charge in [0.15, 0.2) is 10.8 Å². The number of aromatic nitrogens is 3. The fourth-order valence-corrected chi connectivity index (χ4v) is 3.00. The van der Waals surface area contributed by atoms with Crippen LogP contribution in [0.1, 0.15) is 18.5 Å². The van der Waals surface area contributed by atoms with E-state index in [0.717, 1.165) is 21.3 Å². The third-order valence-electron chi connectivity index (χ3n) is 2.97. The molecule has 2 heterocycles. The summed E-state index contributed by atoms with van der Waals surface area (Å²) in [6.45, 7) is 1.94. The number of halogens is 1. The normalized spacial score (nSPS) is 12.8. The smallest absolute Gasteiger partial charge is 0.200 e. The van der Waals surface area contributed by atoms with E-state index < -0.39 is 0 Å². The Labute approximate surface area is 126 Å². The molecule has 20 heavy (non-hydrogen) atoms. The zero-order valence-electron chi connectivity index (χ0n) is 10.8. The number of rotatable bonds is 3. The van der Waals surface area contributed by atoms with Gasteiger partial charge < -0.3 is 5.73 Å². The van der Waals surface area contributed by atoms with Crippen LogP contribution in [0.15, 0.2) is 52.6 Å². The second-order valence-electron chi connectivity index (χ2n) is 4.49. The molecule has 0 saturated carbocycles. The highest BCUT2D eigenvalue weighted by Crippen LogP contribution is 2.33. The van der Waals surface area contributed by atoms with Crippen LogP contribution in [0.3, 0.4) is 0 Å². The molecule has 3 rings (SSSR count). The van der Waals surface area contributed by atoms with Crippen molar-refractivity contribution in [2.45, 2.75) is 23.0 Å². The molecule has 3 aromatic rings. The van der Waals surface area contributed by atoms with Gasteiger partial charge in [-0.15, -0.1) is 10.2 Å². The number of hydrogen-bond donors (Lipinski definition) is 1. The molecule has 0 spiro atoms. The lowest BCUT2D eigenvalue weighted by molar-refractivity contribution is 0.817. The molecule has 2 aromatic heterocycles. The average molecular weight is 305 g/mol. The van der Waals surface area contributed by atoms with Crippen molar-refractivity contribution in [2.75, 3.05) is 0 Å². The van der Waals surface area contributed by atoms with Gasteiger partial charge in [-0.3, -0.25) is 4.40 Å². The second kappa shape index (κ2) is 5.44. The van der Waals surface area contributed by atoms with E-state index >= 15 is 0 Å². The molecule has 102 valence electrons. The van der Waals surface area contributed by atoms with E-state index in [1.807, 2.05) is 53.9 Å². The fourth-order valence-electron chi connectivity index (χ4n) is 1.87. The summed E-state index contributed by atoms with van der Waals surface area (Å²) >= 11 is 7.80. The van der Waals surface area contributed by atoms with Crippen molar-refractivity contribution in [1.82, 2.24) is 14.6 Å². The first-order valence-electron chi connectivity index (χ1n) is 6.18. The fraction of sp³-hybridized carbons (Fsp3) is 0.143.